The molecule has 14 heavy (non-hydrogen) atoms. The normalized spacial score (nSPS) is 12.6. The molecular formula is C10H10F2OS. The van der Waals surface area contributed by atoms with Gasteiger partial charge < -0.3 is 0 Å². The van der Waals surface area contributed by atoms with E-state index in [1.807, 2.05) is 0 Å². The number of hydrogen-bond acceptors (Lipinski definition) is 2. The number of hydrogen-bond donors (Lipinski definition) is 0. The molecule has 0 spiro atoms. The lowest BCUT2D eigenvalue weighted by Gasteiger charge is -2.07. The number of halogens is 2. The van der Waals surface area contributed by atoms with Gasteiger partial charge in [0, 0.05) is 4.90 Å². The molecule has 0 saturated heterocycles. The van der Waals surface area contributed by atoms with Crippen molar-refractivity contribution in [2.45, 2.75) is 24.0 Å². The van der Waals surface area contributed by atoms with E-state index in [0.29, 0.717) is 0 Å². The molecule has 0 bridgehead atoms. The van der Waals surface area contributed by atoms with E-state index in [4.69, 9.17) is 0 Å². The van der Waals surface area contributed by atoms with Crippen LogP contribution in [0.5, 0.6) is 0 Å². The van der Waals surface area contributed by atoms with E-state index >= 15 is 0 Å². The Hall–Kier alpha value is -0.900. The minimum absolute atomic E-state index is 0.0568. The molecule has 1 rings (SSSR count). The Kier molecular flexibility index (Phi) is 3.63. The molecule has 4 heteroatoms. The molecule has 1 unspecified atom stereocenters. The number of rotatable bonds is 3. The fraction of sp³-hybridized carbons (Fsp3) is 0.300. The lowest BCUT2D eigenvalue weighted by atomic mass is 10.3. The van der Waals surface area contributed by atoms with Crippen LogP contribution in [0.2, 0.25) is 0 Å². The first-order valence-electron chi connectivity index (χ1n) is 4.13. The summed E-state index contributed by atoms with van der Waals surface area (Å²) >= 11 is 1.03. The second-order valence-electron chi connectivity index (χ2n) is 2.95. The summed E-state index contributed by atoms with van der Waals surface area (Å²) in [6, 6.07) is 3.21. The van der Waals surface area contributed by atoms with Crippen LogP contribution in [0.15, 0.2) is 23.1 Å². The molecule has 1 atom stereocenters. The van der Waals surface area contributed by atoms with Crippen molar-refractivity contribution in [3.8, 4) is 0 Å². The van der Waals surface area contributed by atoms with Gasteiger partial charge in [0.05, 0.1) is 5.25 Å². The van der Waals surface area contributed by atoms with Crippen molar-refractivity contribution in [3.63, 3.8) is 0 Å². The summed E-state index contributed by atoms with van der Waals surface area (Å²) in [7, 11) is 0. The van der Waals surface area contributed by atoms with Gasteiger partial charge in [-0.25, -0.2) is 8.78 Å². The van der Waals surface area contributed by atoms with Gasteiger partial charge in [0.15, 0.2) is 0 Å². The third-order valence-electron chi connectivity index (χ3n) is 1.77. The molecule has 0 saturated carbocycles. The molecular weight excluding hydrogens is 206 g/mol. The molecule has 76 valence electrons. The monoisotopic (exact) mass is 216 g/mol. The quantitative estimate of drug-likeness (QED) is 0.722. The van der Waals surface area contributed by atoms with Gasteiger partial charge in [-0.1, -0.05) is 0 Å². The van der Waals surface area contributed by atoms with Crippen LogP contribution in [-0.2, 0) is 4.79 Å². The molecule has 0 fully saturated rings. The molecule has 1 nitrogen and oxygen atoms in total. The predicted molar refractivity (Wildman–Crippen MR) is 52.4 cm³/mol. The Balaban J connectivity index is 2.85. The molecule has 0 aliphatic carbocycles. The second-order valence-corrected chi connectivity index (χ2v) is 4.33. The number of carbonyl (C=O) groups excluding carboxylic acids is 1. The van der Waals surface area contributed by atoms with Gasteiger partial charge >= 0.3 is 0 Å². The lowest BCUT2D eigenvalue weighted by molar-refractivity contribution is -0.116. The van der Waals surface area contributed by atoms with E-state index < -0.39 is 11.6 Å². The number of ketones is 1. The predicted octanol–water partition coefficient (Wildman–Crippen LogP) is 3.03. The van der Waals surface area contributed by atoms with Crippen LogP contribution >= 0.6 is 11.8 Å². The maximum atomic E-state index is 13.1. The van der Waals surface area contributed by atoms with Gasteiger partial charge in [-0.15, -0.1) is 11.8 Å². The molecule has 1 aromatic carbocycles. The van der Waals surface area contributed by atoms with Gasteiger partial charge in [-0.2, -0.15) is 0 Å². The Morgan fingerprint density at radius 2 is 2.07 bits per heavy atom. The standard InChI is InChI=1S/C10H10F2OS/c1-6(13)7(2)14-10-5-8(11)3-4-9(10)12/h3-5,7H,1-2H3. The lowest BCUT2D eigenvalue weighted by Crippen LogP contribution is -2.08. The van der Waals surface area contributed by atoms with E-state index in [0.717, 1.165) is 30.0 Å². The fourth-order valence-corrected chi connectivity index (χ4v) is 1.75. The van der Waals surface area contributed by atoms with Gasteiger partial charge in [-0.3, -0.25) is 4.79 Å². The molecule has 0 N–H and O–H groups in total. The Morgan fingerprint density at radius 3 is 2.64 bits per heavy atom. The highest BCUT2D eigenvalue weighted by molar-refractivity contribution is 8.00. The zero-order valence-corrected chi connectivity index (χ0v) is 8.70. The summed E-state index contributed by atoms with van der Waals surface area (Å²) in [6.45, 7) is 3.09. The zero-order valence-electron chi connectivity index (χ0n) is 7.88. The number of carbonyl (C=O) groups is 1. The summed E-state index contributed by atoms with van der Waals surface area (Å²) in [5.74, 6) is -1.05. The molecule has 0 aromatic heterocycles. The summed E-state index contributed by atoms with van der Waals surface area (Å²) in [5, 5.41) is -0.355. The van der Waals surface area contributed by atoms with Crippen LogP contribution in [0.25, 0.3) is 0 Å². The Morgan fingerprint density at radius 1 is 1.43 bits per heavy atom. The van der Waals surface area contributed by atoms with E-state index in [9.17, 15) is 13.6 Å². The smallest absolute Gasteiger partial charge is 0.142 e. The van der Waals surface area contributed by atoms with Crippen LogP contribution < -0.4 is 0 Å². The van der Waals surface area contributed by atoms with Gasteiger partial charge in [0.1, 0.15) is 17.4 Å². The van der Waals surface area contributed by atoms with Crippen molar-refractivity contribution in [1.29, 1.82) is 0 Å². The van der Waals surface area contributed by atoms with Crippen LogP contribution in [0.1, 0.15) is 13.8 Å². The minimum atomic E-state index is -0.496. The average Bonchev–Trinajstić information content (AvgIpc) is 2.11. The third kappa shape index (κ3) is 2.80. The van der Waals surface area contributed by atoms with Crippen LogP contribution in [0.3, 0.4) is 0 Å². The summed E-state index contributed by atoms with van der Waals surface area (Å²) in [6.07, 6.45) is 0. The van der Waals surface area contributed by atoms with Crippen molar-refractivity contribution >= 4 is 17.5 Å². The number of benzene rings is 1. The van der Waals surface area contributed by atoms with Crippen molar-refractivity contribution in [1.82, 2.24) is 0 Å². The molecule has 0 aliphatic heterocycles. The summed E-state index contributed by atoms with van der Waals surface area (Å²) < 4.78 is 25.8. The zero-order chi connectivity index (χ0) is 10.7. The summed E-state index contributed by atoms with van der Waals surface area (Å²) in [5.41, 5.74) is 0. The van der Waals surface area contributed by atoms with Gasteiger partial charge in [0.2, 0.25) is 0 Å². The van der Waals surface area contributed by atoms with E-state index in [1.165, 1.54) is 6.92 Å². The molecule has 0 amide bonds. The molecule has 1 aromatic rings. The molecule has 0 aliphatic rings. The minimum Gasteiger partial charge on any atom is -0.299 e. The first-order valence-corrected chi connectivity index (χ1v) is 5.01. The second kappa shape index (κ2) is 4.55. The topological polar surface area (TPSA) is 17.1 Å². The number of thioether (sulfide) groups is 1. The van der Waals surface area contributed by atoms with E-state index in [-0.39, 0.29) is 15.9 Å². The average molecular weight is 216 g/mol. The Bertz CT molecular complexity index is 352. The highest BCUT2D eigenvalue weighted by Gasteiger charge is 2.12. The van der Waals surface area contributed by atoms with E-state index in [2.05, 4.69) is 0 Å². The van der Waals surface area contributed by atoms with Crippen LogP contribution in [0, 0.1) is 11.6 Å². The fourth-order valence-electron chi connectivity index (χ4n) is 0.841. The van der Waals surface area contributed by atoms with Gasteiger partial charge in [0.25, 0.3) is 0 Å². The largest absolute Gasteiger partial charge is 0.299 e. The summed E-state index contributed by atoms with van der Waals surface area (Å²) in [4.78, 5) is 11.1. The first-order chi connectivity index (χ1) is 6.50. The van der Waals surface area contributed by atoms with Gasteiger partial charge in [-0.05, 0) is 32.0 Å². The number of Topliss-reactive ketones (excluding diaryl/α,β-unsaturated/α-hetero) is 1. The van der Waals surface area contributed by atoms with Crippen LogP contribution in [-0.4, -0.2) is 11.0 Å². The van der Waals surface area contributed by atoms with Crippen molar-refractivity contribution < 1.29 is 13.6 Å². The van der Waals surface area contributed by atoms with E-state index in [1.54, 1.807) is 6.92 Å². The Labute approximate surface area is 85.5 Å². The van der Waals surface area contributed by atoms with Crippen LogP contribution in [0.4, 0.5) is 8.78 Å². The maximum Gasteiger partial charge on any atom is 0.142 e. The first kappa shape index (κ1) is 11.2. The molecule has 0 heterocycles. The SMILES string of the molecule is CC(=O)C(C)Sc1cc(F)ccc1F. The van der Waals surface area contributed by atoms with Crippen molar-refractivity contribution in [3.05, 3.63) is 29.8 Å². The van der Waals surface area contributed by atoms with Crippen molar-refractivity contribution in [2.24, 2.45) is 0 Å². The third-order valence-corrected chi connectivity index (χ3v) is 3.02. The molecule has 0 radical (unpaired) electrons. The maximum absolute atomic E-state index is 13.1. The highest BCUT2D eigenvalue weighted by atomic mass is 32.2. The van der Waals surface area contributed by atoms with Crippen molar-refractivity contribution in [2.75, 3.05) is 0 Å². The highest BCUT2D eigenvalue weighted by Crippen LogP contribution is 2.26.